The van der Waals surface area contributed by atoms with Gasteiger partial charge in [-0.15, -0.1) is 11.8 Å². The molecular weight excluding hydrogens is 299 g/mol. The lowest BCUT2D eigenvalue weighted by Crippen LogP contribution is -2.03. The first-order valence-electron chi connectivity index (χ1n) is 5.86. The van der Waals surface area contributed by atoms with Gasteiger partial charge in [0, 0.05) is 10.5 Å². The van der Waals surface area contributed by atoms with Gasteiger partial charge < -0.3 is 4.74 Å². The smallest absolute Gasteiger partial charge is 0.173 e. The fourth-order valence-electron chi connectivity index (χ4n) is 1.63. The van der Waals surface area contributed by atoms with E-state index in [4.69, 9.17) is 16.3 Å². The first kappa shape index (κ1) is 14.9. The first-order valence-corrected chi connectivity index (χ1v) is 7.22. The molecule has 0 atom stereocenters. The fourth-order valence-corrected chi connectivity index (χ4v) is 2.72. The van der Waals surface area contributed by atoms with Crippen LogP contribution in [-0.2, 0) is 0 Å². The van der Waals surface area contributed by atoms with Crippen LogP contribution in [0.4, 0.5) is 4.39 Å². The monoisotopic (exact) mass is 310 g/mol. The Morgan fingerprint density at radius 2 is 2.05 bits per heavy atom. The molecule has 104 valence electrons. The largest absolute Gasteiger partial charge is 0.495 e. The van der Waals surface area contributed by atoms with Crippen LogP contribution in [0, 0.1) is 5.82 Å². The number of ketones is 1. The molecule has 0 bridgehead atoms. The van der Waals surface area contributed by atoms with Gasteiger partial charge in [0.15, 0.2) is 5.78 Å². The Morgan fingerprint density at radius 1 is 1.30 bits per heavy atom. The van der Waals surface area contributed by atoms with E-state index < -0.39 is 0 Å². The molecule has 2 nitrogen and oxygen atoms in total. The second-order valence-corrected chi connectivity index (χ2v) is 5.42. The molecule has 0 spiro atoms. The summed E-state index contributed by atoms with van der Waals surface area (Å²) in [6.45, 7) is 0. The maximum Gasteiger partial charge on any atom is 0.173 e. The van der Waals surface area contributed by atoms with Crippen molar-refractivity contribution < 1.29 is 13.9 Å². The Labute approximate surface area is 125 Å². The molecule has 0 aliphatic carbocycles. The zero-order valence-corrected chi connectivity index (χ0v) is 12.3. The molecule has 0 unspecified atom stereocenters. The van der Waals surface area contributed by atoms with Gasteiger partial charge in [-0.05, 0) is 30.3 Å². The average molecular weight is 311 g/mol. The standard InChI is InChI=1S/C15H12ClFO2S/c1-19-14-7-6-10(8-11(14)16)13(18)9-20-15-5-3-2-4-12(15)17/h2-8H,9H2,1H3. The van der Waals surface area contributed by atoms with Crippen LogP contribution in [0.5, 0.6) is 5.75 Å². The van der Waals surface area contributed by atoms with E-state index in [0.29, 0.717) is 21.2 Å². The van der Waals surface area contributed by atoms with Gasteiger partial charge in [0.05, 0.1) is 17.9 Å². The number of methoxy groups -OCH3 is 1. The highest BCUT2D eigenvalue weighted by molar-refractivity contribution is 8.00. The van der Waals surface area contributed by atoms with E-state index in [2.05, 4.69) is 0 Å². The summed E-state index contributed by atoms with van der Waals surface area (Å²) in [5, 5.41) is 0.384. The molecule has 2 rings (SSSR count). The highest BCUT2D eigenvalue weighted by atomic mass is 35.5. The first-order chi connectivity index (χ1) is 9.61. The van der Waals surface area contributed by atoms with Gasteiger partial charge in [0.1, 0.15) is 11.6 Å². The molecule has 0 aromatic heterocycles. The molecular formula is C15H12ClFO2S. The number of hydrogen-bond acceptors (Lipinski definition) is 3. The van der Waals surface area contributed by atoms with Crippen molar-refractivity contribution in [3.63, 3.8) is 0 Å². The third kappa shape index (κ3) is 3.52. The van der Waals surface area contributed by atoms with E-state index in [1.807, 2.05) is 0 Å². The predicted molar refractivity (Wildman–Crippen MR) is 79.5 cm³/mol. The van der Waals surface area contributed by atoms with E-state index in [1.54, 1.807) is 36.4 Å². The number of ether oxygens (including phenoxy) is 1. The maximum atomic E-state index is 13.4. The molecule has 0 heterocycles. The van der Waals surface area contributed by atoms with Crippen molar-refractivity contribution in [1.82, 2.24) is 0 Å². The Hall–Kier alpha value is -1.52. The molecule has 0 amide bonds. The number of halogens is 2. The van der Waals surface area contributed by atoms with Gasteiger partial charge >= 0.3 is 0 Å². The molecule has 2 aromatic carbocycles. The van der Waals surface area contributed by atoms with Crippen molar-refractivity contribution in [1.29, 1.82) is 0 Å². The Morgan fingerprint density at radius 3 is 2.70 bits per heavy atom. The van der Waals surface area contributed by atoms with Crippen molar-refractivity contribution in [3.05, 3.63) is 58.9 Å². The minimum Gasteiger partial charge on any atom is -0.495 e. The molecule has 0 fully saturated rings. The van der Waals surface area contributed by atoms with Crippen LogP contribution in [0.2, 0.25) is 5.02 Å². The molecule has 0 N–H and O–H groups in total. The van der Waals surface area contributed by atoms with Crippen molar-refractivity contribution in [2.24, 2.45) is 0 Å². The van der Waals surface area contributed by atoms with Crippen LogP contribution < -0.4 is 4.74 Å². The number of Topliss-reactive ketones (excluding diaryl/α,β-unsaturated/α-hetero) is 1. The summed E-state index contributed by atoms with van der Waals surface area (Å²) in [5.74, 6) is 0.245. The van der Waals surface area contributed by atoms with Gasteiger partial charge in [0.25, 0.3) is 0 Å². The minimum absolute atomic E-state index is 0.109. The number of thioether (sulfide) groups is 1. The molecule has 0 aliphatic heterocycles. The topological polar surface area (TPSA) is 26.3 Å². The molecule has 2 aromatic rings. The Bertz CT molecular complexity index is 631. The number of hydrogen-bond donors (Lipinski definition) is 0. The van der Waals surface area contributed by atoms with Crippen LogP contribution in [0.3, 0.4) is 0 Å². The second kappa shape index (κ2) is 6.77. The highest BCUT2D eigenvalue weighted by Crippen LogP contribution is 2.27. The second-order valence-electron chi connectivity index (χ2n) is 3.99. The normalized spacial score (nSPS) is 10.3. The van der Waals surface area contributed by atoms with Crippen molar-refractivity contribution in [3.8, 4) is 5.75 Å². The SMILES string of the molecule is COc1ccc(C(=O)CSc2ccccc2F)cc1Cl. The summed E-state index contributed by atoms with van der Waals surface area (Å²) in [6.07, 6.45) is 0. The van der Waals surface area contributed by atoms with Gasteiger partial charge in [-0.3, -0.25) is 4.79 Å². The molecule has 0 aliphatic rings. The highest BCUT2D eigenvalue weighted by Gasteiger charge is 2.11. The van der Waals surface area contributed by atoms with E-state index in [1.165, 1.54) is 24.9 Å². The summed E-state index contributed by atoms with van der Waals surface area (Å²) in [6, 6.07) is 11.2. The number of rotatable bonds is 5. The summed E-state index contributed by atoms with van der Waals surface area (Å²) in [7, 11) is 1.51. The van der Waals surface area contributed by atoms with Crippen LogP contribution in [0.15, 0.2) is 47.4 Å². The molecule has 5 heteroatoms. The van der Waals surface area contributed by atoms with E-state index in [0.717, 1.165) is 0 Å². The van der Waals surface area contributed by atoms with Gasteiger partial charge in [-0.25, -0.2) is 4.39 Å². The van der Waals surface area contributed by atoms with E-state index in [9.17, 15) is 9.18 Å². The quantitative estimate of drug-likeness (QED) is 0.602. The maximum absolute atomic E-state index is 13.4. The predicted octanol–water partition coefficient (Wildman–Crippen LogP) is 4.46. The van der Waals surface area contributed by atoms with Crippen molar-refractivity contribution in [2.45, 2.75) is 4.90 Å². The zero-order valence-electron chi connectivity index (χ0n) is 10.7. The summed E-state index contributed by atoms with van der Waals surface area (Å²) < 4.78 is 18.5. The third-order valence-corrected chi connectivity index (χ3v) is 4.01. The molecule has 20 heavy (non-hydrogen) atoms. The summed E-state index contributed by atoms with van der Waals surface area (Å²) >= 11 is 7.14. The molecule has 0 saturated carbocycles. The average Bonchev–Trinajstić information content (AvgIpc) is 2.46. The molecule has 0 saturated heterocycles. The van der Waals surface area contributed by atoms with Gasteiger partial charge in [-0.1, -0.05) is 23.7 Å². The van der Waals surface area contributed by atoms with Crippen LogP contribution in [-0.4, -0.2) is 18.6 Å². The Balaban J connectivity index is 2.05. The van der Waals surface area contributed by atoms with Crippen LogP contribution in [0.25, 0.3) is 0 Å². The number of carbonyl (C=O) groups is 1. The summed E-state index contributed by atoms with van der Waals surface area (Å²) in [5.41, 5.74) is 0.486. The fraction of sp³-hybridized carbons (Fsp3) is 0.133. The molecule has 0 radical (unpaired) electrons. The van der Waals surface area contributed by atoms with Crippen LogP contribution >= 0.6 is 23.4 Å². The van der Waals surface area contributed by atoms with Gasteiger partial charge in [0.2, 0.25) is 0 Å². The van der Waals surface area contributed by atoms with E-state index in [-0.39, 0.29) is 17.4 Å². The lowest BCUT2D eigenvalue weighted by atomic mass is 10.1. The van der Waals surface area contributed by atoms with Crippen molar-refractivity contribution in [2.75, 3.05) is 12.9 Å². The van der Waals surface area contributed by atoms with Crippen LogP contribution in [0.1, 0.15) is 10.4 Å². The van der Waals surface area contributed by atoms with Gasteiger partial charge in [-0.2, -0.15) is 0 Å². The zero-order chi connectivity index (χ0) is 14.5. The van der Waals surface area contributed by atoms with E-state index >= 15 is 0 Å². The Kier molecular flexibility index (Phi) is 5.04. The number of carbonyl (C=O) groups excluding carboxylic acids is 1. The van der Waals surface area contributed by atoms with Crippen molar-refractivity contribution >= 4 is 29.1 Å². The lowest BCUT2D eigenvalue weighted by Gasteiger charge is -2.06. The third-order valence-electron chi connectivity index (χ3n) is 2.67. The number of benzene rings is 2. The minimum atomic E-state index is -0.321. The summed E-state index contributed by atoms with van der Waals surface area (Å²) in [4.78, 5) is 12.5. The lowest BCUT2D eigenvalue weighted by molar-refractivity contribution is 0.102.